The number of carbonyl (C=O) groups is 1. The molecule has 4 aliphatic rings. The van der Waals surface area contributed by atoms with Crippen molar-refractivity contribution in [2.75, 3.05) is 5.23 Å². The lowest BCUT2D eigenvalue weighted by Gasteiger charge is -2.60. The van der Waals surface area contributed by atoms with Gasteiger partial charge in [-0.3, -0.25) is 10.0 Å². The highest BCUT2D eigenvalue weighted by Crippen LogP contribution is 2.66. The van der Waals surface area contributed by atoms with Gasteiger partial charge < -0.3 is 20.0 Å². The van der Waals surface area contributed by atoms with Crippen LogP contribution in [0, 0.1) is 39.7 Å². The third kappa shape index (κ3) is 4.34. The third-order valence-corrected chi connectivity index (χ3v) is 10.5. The van der Waals surface area contributed by atoms with E-state index in [0.29, 0.717) is 29.4 Å². The van der Waals surface area contributed by atoms with Crippen molar-refractivity contribution < 1.29 is 19.6 Å². The first-order valence-electron chi connectivity index (χ1n) is 12.9. The second-order valence-corrected chi connectivity index (χ2v) is 12.2. The van der Waals surface area contributed by atoms with Gasteiger partial charge in [-0.1, -0.05) is 19.0 Å². The van der Waals surface area contributed by atoms with Crippen molar-refractivity contribution in [2.24, 2.45) is 39.7 Å². The van der Waals surface area contributed by atoms with E-state index in [1.54, 1.807) is 12.1 Å². The lowest BCUT2D eigenvalue weighted by atomic mass is 9.45. The van der Waals surface area contributed by atoms with Crippen LogP contribution in [0.3, 0.4) is 0 Å². The molecule has 0 aromatic heterocycles. The van der Waals surface area contributed by atoms with Gasteiger partial charge in [-0.15, -0.1) is 11.6 Å². The first-order chi connectivity index (χ1) is 16.6. The van der Waals surface area contributed by atoms with Gasteiger partial charge in [0.2, 0.25) is 0 Å². The zero-order valence-electron chi connectivity index (χ0n) is 20.8. The maximum absolute atomic E-state index is 11.7. The van der Waals surface area contributed by atoms with E-state index in [1.807, 2.05) is 0 Å². The second-order valence-electron chi connectivity index (χ2n) is 11.7. The van der Waals surface area contributed by atoms with Gasteiger partial charge in [-0.25, -0.2) is 0 Å². The monoisotopic (exact) mass is 503 g/mol. The topological polar surface area (TPSA) is 94.4 Å². The summed E-state index contributed by atoms with van der Waals surface area (Å²) in [6.45, 7) is 6.34. The SMILES string of the molecule is CC(=O)O[C@H]1CC[C@H]2[C@@H]3CC[C@H]4C/C(=N/Oc5ccc(N([O-])O)cc5)[C@H](Cl)C[C@]4(C)[C@H]3CC[C@]12C. The number of ether oxygens (including phenoxy) is 1. The standard InChI is InChI=1S/C27H36ClN2O5/c1-16(31)34-25-11-10-21-20-9-4-17-14-24(29-35-19-7-5-18(6-8-19)30(32)33)23(28)15-27(17,3)22(20)12-13-26(21,25)2/h5-8,17,20-23,25,32H,4,9-15H2,1-3H3/q-1/b29-24-/t17-,20-,21-,22-,23+,25-,26-,27-/m0/s1. The highest BCUT2D eigenvalue weighted by atomic mass is 35.5. The number of rotatable bonds is 4. The Balaban J connectivity index is 1.29. The molecule has 0 aliphatic heterocycles. The smallest absolute Gasteiger partial charge is 0.302 e. The number of hydrogen-bond donors (Lipinski definition) is 1. The minimum absolute atomic E-state index is 0.0580. The highest BCUT2D eigenvalue weighted by molar-refractivity contribution is 6.32. The van der Waals surface area contributed by atoms with Crippen molar-refractivity contribution in [1.29, 1.82) is 0 Å². The normalized spacial score (nSPS) is 41.5. The minimum Gasteiger partial charge on any atom is -0.733 e. The van der Waals surface area contributed by atoms with Crippen molar-refractivity contribution in [1.82, 2.24) is 0 Å². The predicted molar refractivity (Wildman–Crippen MR) is 134 cm³/mol. The summed E-state index contributed by atoms with van der Waals surface area (Å²) in [5.41, 5.74) is 1.30. The largest absolute Gasteiger partial charge is 0.733 e. The molecule has 8 heteroatoms. The first kappa shape index (κ1) is 24.8. The van der Waals surface area contributed by atoms with Crippen LogP contribution >= 0.6 is 11.6 Å². The Morgan fingerprint density at radius 3 is 2.51 bits per heavy atom. The number of oxime groups is 1. The third-order valence-electron chi connectivity index (χ3n) is 10.0. The fourth-order valence-electron chi connectivity index (χ4n) is 8.26. The van der Waals surface area contributed by atoms with Crippen molar-refractivity contribution in [3.05, 3.63) is 29.5 Å². The van der Waals surface area contributed by atoms with Crippen LogP contribution in [-0.2, 0) is 9.53 Å². The lowest BCUT2D eigenvalue weighted by Crippen LogP contribution is -2.56. The molecule has 0 unspecified atom stereocenters. The van der Waals surface area contributed by atoms with E-state index in [4.69, 9.17) is 26.4 Å². The highest BCUT2D eigenvalue weighted by Gasteiger charge is 2.61. The van der Waals surface area contributed by atoms with Gasteiger partial charge in [0, 0.05) is 12.3 Å². The molecular formula is C27H36ClN2O5-. The summed E-state index contributed by atoms with van der Waals surface area (Å²) in [5.74, 6) is 2.79. The summed E-state index contributed by atoms with van der Waals surface area (Å²) in [7, 11) is 0. The summed E-state index contributed by atoms with van der Waals surface area (Å²) in [4.78, 5) is 17.4. The van der Waals surface area contributed by atoms with Crippen LogP contribution < -0.4 is 10.1 Å². The van der Waals surface area contributed by atoms with Gasteiger partial charge in [-0.05, 0) is 105 Å². The second kappa shape index (κ2) is 9.24. The molecule has 0 radical (unpaired) electrons. The van der Waals surface area contributed by atoms with Gasteiger partial charge >= 0.3 is 5.97 Å². The van der Waals surface area contributed by atoms with Crippen LogP contribution in [0.4, 0.5) is 5.69 Å². The Morgan fingerprint density at radius 1 is 1.11 bits per heavy atom. The predicted octanol–water partition coefficient (Wildman–Crippen LogP) is 6.31. The molecule has 0 bridgehead atoms. The number of esters is 1. The number of alkyl halides is 1. The number of fused-ring (bicyclic) bond motifs is 5. The number of anilines is 1. The molecule has 0 heterocycles. The van der Waals surface area contributed by atoms with Gasteiger partial charge in [-0.2, -0.15) is 0 Å². The van der Waals surface area contributed by atoms with Crippen molar-refractivity contribution in [3.63, 3.8) is 0 Å². The van der Waals surface area contributed by atoms with E-state index < -0.39 is 0 Å². The fraction of sp³-hybridized carbons (Fsp3) is 0.704. The van der Waals surface area contributed by atoms with E-state index >= 15 is 0 Å². The number of carbonyl (C=O) groups excluding carboxylic acids is 1. The van der Waals surface area contributed by atoms with Crippen LogP contribution in [0.15, 0.2) is 29.4 Å². The van der Waals surface area contributed by atoms with Gasteiger partial charge in [0.15, 0.2) is 5.75 Å². The van der Waals surface area contributed by atoms with Gasteiger partial charge in [0.1, 0.15) is 6.10 Å². The van der Waals surface area contributed by atoms with Crippen LogP contribution in [-0.4, -0.2) is 28.4 Å². The van der Waals surface area contributed by atoms with Crippen molar-refractivity contribution in [2.45, 2.75) is 83.6 Å². The zero-order valence-corrected chi connectivity index (χ0v) is 21.5. The Morgan fingerprint density at radius 2 is 1.83 bits per heavy atom. The molecular weight excluding hydrogens is 468 g/mol. The summed E-state index contributed by atoms with van der Waals surface area (Å²) in [6.07, 6.45) is 8.60. The maximum Gasteiger partial charge on any atom is 0.302 e. The molecule has 0 saturated heterocycles. The molecule has 1 aromatic carbocycles. The average molecular weight is 504 g/mol. The number of nitrogens with zero attached hydrogens (tertiary/aromatic N) is 2. The van der Waals surface area contributed by atoms with E-state index in [1.165, 1.54) is 31.9 Å². The average Bonchev–Trinajstić information content (AvgIpc) is 3.13. The van der Waals surface area contributed by atoms with E-state index in [2.05, 4.69) is 19.0 Å². The Hall–Kier alpha value is -1.83. The van der Waals surface area contributed by atoms with E-state index in [-0.39, 0.29) is 39.2 Å². The summed E-state index contributed by atoms with van der Waals surface area (Å²) < 4.78 is 5.79. The first-order valence-corrected chi connectivity index (χ1v) is 13.4. The molecule has 1 aromatic rings. The maximum atomic E-state index is 11.7. The quantitative estimate of drug-likeness (QED) is 0.294. The molecule has 4 fully saturated rings. The molecule has 7 nitrogen and oxygen atoms in total. The van der Waals surface area contributed by atoms with Gasteiger partial charge in [0.25, 0.3) is 0 Å². The Bertz CT molecular complexity index is 984. The molecule has 8 atom stereocenters. The van der Waals surface area contributed by atoms with Crippen LogP contribution in [0.5, 0.6) is 5.75 Å². The molecule has 0 spiro atoms. The van der Waals surface area contributed by atoms with Crippen LogP contribution in [0.25, 0.3) is 0 Å². The lowest BCUT2D eigenvalue weighted by molar-refractivity contribution is -0.160. The number of benzene rings is 1. The molecule has 5 rings (SSSR count). The number of hydrogen-bond acceptors (Lipinski definition) is 7. The minimum atomic E-state index is -0.182. The Kier molecular flexibility index (Phi) is 6.56. The zero-order chi connectivity index (χ0) is 25.0. The molecule has 0 amide bonds. The summed E-state index contributed by atoms with van der Waals surface area (Å²) in [6, 6.07) is 6.16. The van der Waals surface area contributed by atoms with Gasteiger partial charge in [0.05, 0.1) is 16.8 Å². The van der Waals surface area contributed by atoms with Crippen LogP contribution in [0.2, 0.25) is 0 Å². The van der Waals surface area contributed by atoms with E-state index in [0.717, 1.165) is 44.2 Å². The van der Waals surface area contributed by atoms with Crippen molar-refractivity contribution in [3.8, 4) is 5.75 Å². The molecule has 4 saturated carbocycles. The summed E-state index contributed by atoms with van der Waals surface area (Å²) >= 11 is 6.93. The Labute approximate surface area is 212 Å². The molecule has 35 heavy (non-hydrogen) atoms. The molecule has 4 aliphatic carbocycles. The van der Waals surface area contributed by atoms with E-state index in [9.17, 15) is 10.0 Å². The summed E-state index contributed by atoms with van der Waals surface area (Å²) in [5, 5.41) is 24.0. The van der Waals surface area contributed by atoms with Crippen LogP contribution in [0.1, 0.15) is 72.1 Å². The van der Waals surface area contributed by atoms with Crippen molar-refractivity contribution >= 4 is 29.0 Å². The number of halogens is 1. The fourth-order valence-corrected chi connectivity index (χ4v) is 8.72. The molecule has 192 valence electrons. The molecule has 1 N–H and O–H groups in total.